The van der Waals surface area contributed by atoms with Gasteiger partial charge in [0.15, 0.2) is 0 Å². The molecule has 0 saturated heterocycles. The third-order valence-corrected chi connectivity index (χ3v) is 1.87. The van der Waals surface area contributed by atoms with Gasteiger partial charge in [0.25, 0.3) is 0 Å². The molecule has 0 aliphatic heterocycles. The van der Waals surface area contributed by atoms with Crippen molar-refractivity contribution in [3.63, 3.8) is 0 Å². The van der Waals surface area contributed by atoms with Crippen LogP contribution in [0.2, 0.25) is 0 Å². The highest BCUT2D eigenvalue weighted by atomic mass is 19.4. The number of carbonyl (C=O) groups is 1. The monoisotopic (exact) mass is 244 g/mol. The molecule has 0 bridgehead atoms. The predicted octanol–water partition coefficient (Wildman–Crippen LogP) is 2.36. The Balaban J connectivity index is 3.10. The van der Waals surface area contributed by atoms with Gasteiger partial charge in [-0.3, -0.25) is 9.78 Å². The minimum atomic E-state index is -4.58. The number of alkyl halides is 3. The molecule has 0 fully saturated rings. The lowest BCUT2D eigenvalue weighted by molar-refractivity contribution is -0.138. The summed E-state index contributed by atoms with van der Waals surface area (Å²) in [5.74, 6) is -0.772. The molecule has 0 amide bonds. The molecule has 6 heteroatoms. The number of rotatable bonds is 3. The van der Waals surface area contributed by atoms with Crippen molar-refractivity contribution in [3.8, 4) is 0 Å². The van der Waals surface area contributed by atoms with Gasteiger partial charge in [-0.2, -0.15) is 13.2 Å². The van der Waals surface area contributed by atoms with Crippen LogP contribution in [0, 0.1) is 0 Å². The number of halogens is 3. The van der Waals surface area contributed by atoms with Gasteiger partial charge in [0.1, 0.15) is 5.69 Å². The first-order chi connectivity index (χ1) is 7.82. The molecule has 1 rings (SSSR count). The normalized spacial score (nSPS) is 11.8. The van der Waals surface area contributed by atoms with Gasteiger partial charge < -0.3 is 4.90 Å². The van der Waals surface area contributed by atoms with Crippen molar-refractivity contribution in [2.45, 2.75) is 6.18 Å². The molecular formula is C11H11F3N2O. The summed E-state index contributed by atoms with van der Waals surface area (Å²) < 4.78 is 37.7. The first-order valence-electron chi connectivity index (χ1n) is 4.73. The lowest BCUT2D eigenvalue weighted by Crippen LogP contribution is -2.14. The molecule has 0 spiro atoms. The molecule has 0 aliphatic carbocycles. The van der Waals surface area contributed by atoms with E-state index in [1.54, 1.807) is 19.0 Å². The van der Waals surface area contributed by atoms with Crippen molar-refractivity contribution in [1.29, 1.82) is 0 Å². The second-order valence-electron chi connectivity index (χ2n) is 3.54. The summed E-state index contributed by atoms with van der Waals surface area (Å²) in [6.07, 6.45) is -0.994. The number of nitrogens with zero attached hydrogens (tertiary/aromatic N) is 2. The van der Waals surface area contributed by atoms with Crippen LogP contribution in [0.3, 0.4) is 0 Å². The third kappa shape index (κ3) is 3.58. The molecule has 3 nitrogen and oxygen atoms in total. The minimum absolute atomic E-state index is 0.585. The zero-order chi connectivity index (χ0) is 13.1. The molecule has 92 valence electrons. The molecular weight excluding hydrogens is 233 g/mol. The summed E-state index contributed by atoms with van der Waals surface area (Å²) in [5.41, 5.74) is -1.61. The summed E-state index contributed by atoms with van der Waals surface area (Å²) in [7, 11) is 3.32. The third-order valence-electron chi connectivity index (χ3n) is 1.87. The topological polar surface area (TPSA) is 33.2 Å². The Morgan fingerprint density at radius 3 is 2.59 bits per heavy atom. The Morgan fingerprint density at radius 1 is 1.41 bits per heavy atom. The van der Waals surface area contributed by atoms with E-state index in [1.165, 1.54) is 6.20 Å². The van der Waals surface area contributed by atoms with Crippen LogP contribution in [-0.4, -0.2) is 29.8 Å². The van der Waals surface area contributed by atoms with E-state index in [2.05, 4.69) is 4.98 Å². The van der Waals surface area contributed by atoms with Crippen molar-refractivity contribution in [3.05, 3.63) is 41.9 Å². The van der Waals surface area contributed by atoms with Crippen LogP contribution in [-0.2, 0) is 6.18 Å². The molecule has 17 heavy (non-hydrogen) atoms. The van der Waals surface area contributed by atoms with E-state index in [0.29, 0.717) is 0 Å². The summed E-state index contributed by atoms with van der Waals surface area (Å²) in [5, 5.41) is 0. The smallest absolute Gasteiger partial charge is 0.383 e. The molecule has 1 aromatic heterocycles. The molecule has 0 saturated carbocycles. The number of allylic oxidation sites excluding steroid dienone is 1. The zero-order valence-electron chi connectivity index (χ0n) is 9.32. The number of hydrogen-bond donors (Lipinski definition) is 0. The van der Waals surface area contributed by atoms with Gasteiger partial charge in [-0.25, -0.2) is 0 Å². The highest BCUT2D eigenvalue weighted by Crippen LogP contribution is 2.31. The maximum Gasteiger partial charge on any atom is 0.418 e. The second kappa shape index (κ2) is 4.99. The van der Waals surface area contributed by atoms with E-state index in [9.17, 15) is 18.0 Å². The predicted molar refractivity (Wildman–Crippen MR) is 56.4 cm³/mol. The van der Waals surface area contributed by atoms with Gasteiger partial charge in [-0.05, 0) is 12.1 Å². The average molecular weight is 244 g/mol. The Hall–Kier alpha value is -1.85. The van der Waals surface area contributed by atoms with Crippen LogP contribution >= 0.6 is 0 Å². The highest BCUT2D eigenvalue weighted by molar-refractivity contribution is 6.04. The molecule has 1 heterocycles. The Labute approximate surface area is 96.6 Å². The highest BCUT2D eigenvalue weighted by Gasteiger charge is 2.35. The van der Waals surface area contributed by atoms with Crippen molar-refractivity contribution >= 4 is 5.78 Å². The summed E-state index contributed by atoms with van der Waals surface area (Å²) in [4.78, 5) is 16.6. The SMILES string of the molecule is CN(C)/C=C/C(=O)c1ncccc1C(F)(F)F. The first kappa shape index (κ1) is 13.2. The lowest BCUT2D eigenvalue weighted by atomic mass is 10.1. The lowest BCUT2D eigenvalue weighted by Gasteiger charge is -2.09. The molecule has 1 aromatic rings. The number of hydrogen-bond acceptors (Lipinski definition) is 3. The van der Waals surface area contributed by atoms with Crippen LogP contribution < -0.4 is 0 Å². The first-order valence-corrected chi connectivity index (χ1v) is 4.73. The second-order valence-corrected chi connectivity index (χ2v) is 3.54. The van der Waals surface area contributed by atoms with Crippen molar-refractivity contribution in [2.75, 3.05) is 14.1 Å². The Morgan fingerprint density at radius 2 is 2.06 bits per heavy atom. The van der Waals surface area contributed by atoms with Crippen LogP contribution in [0.25, 0.3) is 0 Å². The van der Waals surface area contributed by atoms with Crippen LogP contribution in [0.4, 0.5) is 13.2 Å². The molecule has 0 radical (unpaired) electrons. The van der Waals surface area contributed by atoms with Crippen molar-refractivity contribution in [1.82, 2.24) is 9.88 Å². The molecule has 0 unspecified atom stereocenters. The standard InChI is InChI=1S/C11H11F3N2O/c1-16(2)7-5-9(17)10-8(11(12,13)14)4-3-6-15-10/h3-7H,1-2H3/b7-5+. The average Bonchev–Trinajstić information content (AvgIpc) is 2.24. The van der Waals surface area contributed by atoms with E-state index in [4.69, 9.17) is 0 Å². The van der Waals surface area contributed by atoms with Crippen LogP contribution in [0.5, 0.6) is 0 Å². The van der Waals surface area contributed by atoms with Gasteiger partial charge in [-0.15, -0.1) is 0 Å². The van der Waals surface area contributed by atoms with Crippen LogP contribution in [0.15, 0.2) is 30.6 Å². The molecule has 0 atom stereocenters. The van der Waals surface area contributed by atoms with Gasteiger partial charge >= 0.3 is 6.18 Å². The van der Waals surface area contributed by atoms with E-state index < -0.39 is 23.2 Å². The fourth-order valence-corrected chi connectivity index (χ4v) is 1.13. The van der Waals surface area contributed by atoms with Gasteiger partial charge in [0.2, 0.25) is 5.78 Å². The number of pyridine rings is 1. The van der Waals surface area contributed by atoms with Gasteiger partial charge in [-0.1, -0.05) is 0 Å². The number of ketones is 1. The van der Waals surface area contributed by atoms with Gasteiger partial charge in [0, 0.05) is 32.6 Å². The Bertz CT molecular complexity index is 439. The summed E-state index contributed by atoms with van der Waals surface area (Å²) in [6, 6.07) is 1.99. The largest absolute Gasteiger partial charge is 0.418 e. The van der Waals surface area contributed by atoms with Crippen molar-refractivity contribution < 1.29 is 18.0 Å². The van der Waals surface area contributed by atoms with E-state index >= 15 is 0 Å². The maximum absolute atomic E-state index is 12.6. The van der Waals surface area contributed by atoms with E-state index in [0.717, 1.165) is 24.4 Å². The van der Waals surface area contributed by atoms with Crippen LogP contribution in [0.1, 0.15) is 16.1 Å². The number of aromatic nitrogens is 1. The molecule has 0 aromatic carbocycles. The molecule has 0 N–H and O–H groups in total. The Kier molecular flexibility index (Phi) is 3.88. The number of carbonyl (C=O) groups excluding carboxylic acids is 1. The molecule has 0 aliphatic rings. The maximum atomic E-state index is 12.6. The van der Waals surface area contributed by atoms with E-state index in [-0.39, 0.29) is 0 Å². The fourth-order valence-electron chi connectivity index (χ4n) is 1.13. The minimum Gasteiger partial charge on any atom is -0.383 e. The van der Waals surface area contributed by atoms with Gasteiger partial charge in [0.05, 0.1) is 5.56 Å². The summed E-state index contributed by atoms with van der Waals surface area (Å²) in [6.45, 7) is 0. The van der Waals surface area contributed by atoms with Crippen molar-refractivity contribution in [2.24, 2.45) is 0 Å². The fraction of sp³-hybridized carbons (Fsp3) is 0.273. The quantitative estimate of drug-likeness (QED) is 0.604. The summed E-state index contributed by atoms with van der Waals surface area (Å²) >= 11 is 0. The van der Waals surface area contributed by atoms with E-state index in [1.807, 2.05) is 0 Å². The zero-order valence-corrected chi connectivity index (χ0v) is 9.32.